The number of carbonyl (C=O) groups excluding carboxylic acids is 1. The number of fused-ring (bicyclic) bond motifs is 1. The second-order valence-electron chi connectivity index (χ2n) is 5.72. The number of halogens is 1. The summed E-state index contributed by atoms with van der Waals surface area (Å²) in [4.78, 5) is 25.2. The Kier molecular flexibility index (Phi) is 4.34. The maximum atomic E-state index is 14.2. The van der Waals surface area contributed by atoms with Gasteiger partial charge in [-0.1, -0.05) is 0 Å². The largest absolute Gasteiger partial charge is 0.494 e. The number of rotatable bonds is 4. The SMILES string of the molecule is COc1cc2c(CC(=O)O)c(C)n(C(=O)c3csc(C)c3)c2cc1F. The molecule has 0 saturated carbocycles. The number of nitrogens with zero attached hydrogens (tertiary/aromatic N) is 1. The molecule has 130 valence electrons. The zero-order chi connectivity index (χ0) is 18.3. The number of thiophene rings is 1. The molecule has 0 amide bonds. The van der Waals surface area contributed by atoms with Gasteiger partial charge in [0.1, 0.15) is 0 Å². The lowest BCUT2D eigenvalue weighted by molar-refractivity contribution is -0.136. The van der Waals surface area contributed by atoms with E-state index in [1.54, 1.807) is 18.4 Å². The summed E-state index contributed by atoms with van der Waals surface area (Å²) in [6.07, 6.45) is -0.264. The lowest BCUT2D eigenvalue weighted by Gasteiger charge is -2.07. The minimum absolute atomic E-state index is 0.00937. The number of aliphatic carboxylic acids is 1. The average molecular weight is 361 g/mol. The Balaban J connectivity index is 2.30. The minimum atomic E-state index is -1.02. The van der Waals surface area contributed by atoms with E-state index in [4.69, 9.17) is 4.74 Å². The summed E-state index contributed by atoms with van der Waals surface area (Å²) in [7, 11) is 1.34. The van der Waals surface area contributed by atoms with E-state index in [1.165, 1.54) is 35.1 Å². The zero-order valence-electron chi connectivity index (χ0n) is 13.9. The zero-order valence-corrected chi connectivity index (χ0v) is 14.7. The number of aryl methyl sites for hydroxylation is 1. The monoisotopic (exact) mass is 361 g/mol. The van der Waals surface area contributed by atoms with Gasteiger partial charge in [-0.15, -0.1) is 11.3 Å². The van der Waals surface area contributed by atoms with Crippen LogP contribution in [0.15, 0.2) is 23.6 Å². The first kappa shape index (κ1) is 17.2. The minimum Gasteiger partial charge on any atom is -0.494 e. The fourth-order valence-electron chi connectivity index (χ4n) is 2.96. The highest BCUT2D eigenvalue weighted by Gasteiger charge is 2.23. The molecule has 0 radical (unpaired) electrons. The Morgan fingerprint density at radius 3 is 2.56 bits per heavy atom. The first-order valence-electron chi connectivity index (χ1n) is 7.52. The highest BCUT2D eigenvalue weighted by molar-refractivity contribution is 7.10. The highest BCUT2D eigenvalue weighted by Crippen LogP contribution is 2.32. The topological polar surface area (TPSA) is 68.5 Å². The number of methoxy groups -OCH3 is 1. The first-order valence-corrected chi connectivity index (χ1v) is 8.40. The Labute approximate surface area is 147 Å². The molecule has 0 bridgehead atoms. The third-order valence-electron chi connectivity index (χ3n) is 4.12. The quantitative estimate of drug-likeness (QED) is 0.768. The van der Waals surface area contributed by atoms with Crippen LogP contribution in [0.25, 0.3) is 10.9 Å². The molecule has 0 aliphatic heterocycles. The highest BCUT2D eigenvalue weighted by atomic mass is 32.1. The second kappa shape index (κ2) is 6.33. The molecule has 2 heterocycles. The summed E-state index contributed by atoms with van der Waals surface area (Å²) >= 11 is 1.44. The molecule has 3 rings (SSSR count). The molecule has 0 aliphatic rings. The molecule has 3 aromatic rings. The molecule has 7 heteroatoms. The predicted octanol–water partition coefficient (Wildman–Crippen LogP) is 3.78. The van der Waals surface area contributed by atoms with Crippen molar-refractivity contribution < 1.29 is 23.8 Å². The van der Waals surface area contributed by atoms with E-state index in [0.29, 0.717) is 27.7 Å². The van der Waals surface area contributed by atoms with Gasteiger partial charge in [-0.05, 0) is 31.5 Å². The van der Waals surface area contributed by atoms with E-state index in [9.17, 15) is 19.1 Å². The number of benzene rings is 1. The summed E-state index contributed by atoms with van der Waals surface area (Å²) in [5.41, 5.74) is 1.78. The number of ether oxygens (including phenoxy) is 1. The summed E-state index contributed by atoms with van der Waals surface area (Å²) in [6.45, 7) is 3.56. The van der Waals surface area contributed by atoms with E-state index >= 15 is 0 Å². The molecule has 5 nitrogen and oxygen atoms in total. The molecule has 1 aromatic carbocycles. The van der Waals surface area contributed by atoms with E-state index in [2.05, 4.69) is 0 Å². The van der Waals surface area contributed by atoms with Gasteiger partial charge in [0.15, 0.2) is 11.6 Å². The molecule has 25 heavy (non-hydrogen) atoms. The summed E-state index contributed by atoms with van der Waals surface area (Å²) < 4.78 is 20.6. The maximum absolute atomic E-state index is 14.2. The molecule has 0 aliphatic carbocycles. The van der Waals surface area contributed by atoms with Gasteiger partial charge in [-0.2, -0.15) is 0 Å². The molecule has 1 N–H and O–H groups in total. The van der Waals surface area contributed by atoms with Crippen LogP contribution in [-0.4, -0.2) is 28.7 Å². The van der Waals surface area contributed by atoms with Gasteiger partial charge in [0.2, 0.25) is 0 Å². The van der Waals surface area contributed by atoms with Crippen LogP contribution < -0.4 is 4.74 Å². The van der Waals surface area contributed by atoms with Crippen molar-refractivity contribution in [1.29, 1.82) is 0 Å². The number of carboxylic acids is 1. The van der Waals surface area contributed by atoms with Crippen LogP contribution in [0, 0.1) is 19.7 Å². The average Bonchev–Trinajstić information content (AvgIpc) is 3.08. The lowest BCUT2D eigenvalue weighted by atomic mass is 10.1. The van der Waals surface area contributed by atoms with Crippen molar-refractivity contribution in [1.82, 2.24) is 4.57 Å². The standard InChI is InChI=1S/C18H16FNO4S/c1-9-4-11(8-25-9)18(23)20-10(2)12(6-17(21)22)13-5-16(24-3)14(19)7-15(13)20/h4-5,7-8H,6H2,1-3H3,(H,21,22). The second-order valence-corrected chi connectivity index (χ2v) is 6.84. The number of hydrogen-bond donors (Lipinski definition) is 1. The number of carbonyl (C=O) groups is 2. The van der Waals surface area contributed by atoms with Crippen LogP contribution in [0.1, 0.15) is 26.5 Å². The number of carboxylic acid groups (broad SMARTS) is 1. The van der Waals surface area contributed by atoms with Gasteiger partial charge in [-0.3, -0.25) is 14.2 Å². The molecular formula is C18H16FNO4S. The Bertz CT molecular complexity index is 1000. The van der Waals surface area contributed by atoms with Crippen molar-refractivity contribution in [2.75, 3.05) is 7.11 Å². The van der Waals surface area contributed by atoms with Gasteiger partial charge >= 0.3 is 5.97 Å². The van der Waals surface area contributed by atoms with Gasteiger partial charge in [0.05, 0.1) is 24.6 Å². The van der Waals surface area contributed by atoms with Crippen molar-refractivity contribution in [3.8, 4) is 5.75 Å². The van der Waals surface area contributed by atoms with Crippen molar-refractivity contribution in [3.05, 3.63) is 51.1 Å². The Hall–Kier alpha value is -2.67. The number of aromatic nitrogens is 1. The van der Waals surface area contributed by atoms with Crippen LogP contribution in [0.5, 0.6) is 5.75 Å². The van der Waals surface area contributed by atoms with Gasteiger partial charge in [0, 0.05) is 27.4 Å². The van der Waals surface area contributed by atoms with Crippen molar-refractivity contribution in [2.45, 2.75) is 20.3 Å². The van der Waals surface area contributed by atoms with Crippen molar-refractivity contribution in [2.24, 2.45) is 0 Å². The van der Waals surface area contributed by atoms with E-state index in [-0.39, 0.29) is 18.1 Å². The van der Waals surface area contributed by atoms with Crippen molar-refractivity contribution >= 4 is 34.1 Å². The van der Waals surface area contributed by atoms with Crippen LogP contribution in [0.2, 0.25) is 0 Å². The first-order chi connectivity index (χ1) is 11.8. The third kappa shape index (κ3) is 2.91. The molecule has 0 atom stereocenters. The Morgan fingerprint density at radius 1 is 1.28 bits per heavy atom. The van der Waals surface area contributed by atoms with E-state index in [0.717, 1.165) is 4.88 Å². The molecule has 0 fully saturated rings. The smallest absolute Gasteiger partial charge is 0.307 e. The van der Waals surface area contributed by atoms with Crippen LogP contribution in [0.3, 0.4) is 0 Å². The third-order valence-corrected chi connectivity index (χ3v) is 4.98. The lowest BCUT2D eigenvalue weighted by Crippen LogP contribution is -2.13. The molecule has 2 aromatic heterocycles. The summed E-state index contributed by atoms with van der Waals surface area (Å²) in [6, 6.07) is 4.41. The fraction of sp³-hybridized carbons (Fsp3) is 0.222. The predicted molar refractivity (Wildman–Crippen MR) is 93.3 cm³/mol. The van der Waals surface area contributed by atoms with Crippen LogP contribution in [0.4, 0.5) is 4.39 Å². The van der Waals surface area contributed by atoms with E-state index in [1.807, 2.05) is 6.92 Å². The molecule has 0 spiro atoms. The molecule has 0 unspecified atom stereocenters. The van der Waals surface area contributed by atoms with E-state index < -0.39 is 11.8 Å². The normalized spacial score (nSPS) is 11.0. The number of hydrogen-bond acceptors (Lipinski definition) is 4. The van der Waals surface area contributed by atoms with Gasteiger partial charge in [0.25, 0.3) is 5.91 Å². The molecule has 0 saturated heterocycles. The maximum Gasteiger partial charge on any atom is 0.307 e. The van der Waals surface area contributed by atoms with Crippen LogP contribution >= 0.6 is 11.3 Å². The fourth-order valence-corrected chi connectivity index (χ4v) is 3.63. The van der Waals surface area contributed by atoms with Gasteiger partial charge < -0.3 is 9.84 Å². The Morgan fingerprint density at radius 2 is 2.00 bits per heavy atom. The van der Waals surface area contributed by atoms with Crippen LogP contribution in [-0.2, 0) is 11.2 Å². The molecular weight excluding hydrogens is 345 g/mol. The summed E-state index contributed by atoms with van der Waals surface area (Å²) in [5, 5.41) is 11.4. The summed E-state index contributed by atoms with van der Waals surface area (Å²) in [5.74, 6) is -1.93. The van der Waals surface area contributed by atoms with Gasteiger partial charge in [-0.25, -0.2) is 4.39 Å². The van der Waals surface area contributed by atoms with Crippen molar-refractivity contribution in [3.63, 3.8) is 0 Å².